The van der Waals surface area contributed by atoms with Crippen molar-refractivity contribution in [2.24, 2.45) is 11.7 Å². The van der Waals surface area contributed by atoms with E-state index >= 15 is 0 Å². The summed E-state index contributed by atoms with van der Waals surface area (Å²) in [6, 6.07) is 4.75. The van der Waals surface area contributed by atoms with Gasteiger partial charge in [-0.3, -0.25) is 0 Å². The van der Waals surface area contributed by atoms with Gasteiger partial charge in [0.2, 0.25) is 0 Å². The molecule has 3 nitrogen and oxygen atoms in total. The van der Waals surface area contributed by atoms with Crippen molar-refractivity contribution in [2.45, 2.75) is 24.9 Å². The number of methoxy groups -OCH3 is 1. The van der Waals surface area contributed by atoms with Gasteiger partial charge in [-0.05, 0) is 36.5 Å². The van der Waals surface area contributed by atoms with Gasteiger partial charge in [0.1, 0.15) is 0 Å². The van der Waals surface area contributed by atoms with Crippen molar-refractivity contribution in [3.05, 3.63) is 29.6 Å². The van der Waals surface area contributed by atoms with Gasteiger partial charge in [0, 0.05) is 13.0 Å². The average molecular weight is 239 g/mol. The fraction of sp³-hybridized carbons (Fsp3) is 0.538. The fourth-order valence-corrected chi connectivity index (χ4v) is 2.18. The number of hydrogen-bond donors (Lipinski definition) is 2. The van der Waals surface area contributed by atoms with Gasteiger partial charge < -0.3 is 15.6 Å². The number of halogens is 1. The normalized spacial score (nSPS) is 18.8. The summed E-state index contributed by atoms with van der Waals surface area (Å²) >= 11 is 0. The Labute approximate surface area is 100 Å². The fourth-order valence-electron chi connectivity index (χ4n) is 2.18. The van der Waals surface area contributed by atoms with Crippen LogP contribution in [-0.2, 0) is 6.42 Å². The zero-order chi connectivity index (χ0) is 12.5. The minimum absolute atomic E-state index is 0.214. The number of nitrogens with two attached hydrogens (primary N) is 1. The van der Waals surface area contributed by atoms with Gasteiger partial charge in [-0.15, -0.1) is 0 Å². The van der Waals surface area contributed by atoms with Crippen LogP contribution in [0.3, 0.4) is 0 Å². The SMILES string of the molecule is COc1ccc(CC(O)(CN)C2CC2)cc1F. The predicted octanol–water partition coefficient (Wildman–Crippen LogP) is 1.48. The summed E-state index contributed by atoms with van der Waals surface area (Å²) in [5, 5.41) is 10.4. The predicted molar refractivity (Wildman–Crippen MR) is 63.4 cm³/mol. The maximum atomic E-state index is 13.5. The van der Waals surface area contributed by atoms with Crippen LogP contribution in [0.2, 0.25) is 0 Å². The third kappa shape index (κ3) is 2.58. The first kappa shape index (κ1) is 12.3. The van der Waals surface area contributed by atoms with Gasteiger partial charge in [-0.2, -0.15) is 0 Å². The molecule has 0 bridgehead atoms. The molecule has 0 aromatic heterocycles. The van der Waals surface area contributed by atoms with Gasteiger partial charge in [-0.1, -0.05) is 6.07 Å². The van der Waals surface area contributed by atoms with E-state index in [1.807, 2.05) is 0 Å². The lowest BCUT2D eigenvalue weighted by Crippen LogP contribution is -2.42. The number of ether oxygens (including phenoxy) is 1. The van der Waals surface area contributed by atoms with Crippen LogP contribution in [0, 0.1) is 11.7 Å². The molecule has 0 spiro atoms. The quantitative estimate of drug-likeness (QED) is 0.818. The summed E-state index contributed by atoms with van der Waals surface area (Å²) < 4.78 is 18.4. The van der Waals surface area contributed by atoms with Crippen LogP contribution in [0.4, 0.5) is 4.39 Å². The highest BCUT2D eigenvalue weighted by Gasteiger charge is 2.42. The van der Waals surface area contributed by atoms with Crippen LogP contribution in [-0.4, -0.2) is 24.4 Å². The summed E-state index contributed by atoms with van der Waals surface area (Å²) in [5.41, 5.74) is 5.49. The van der Waals surface area contributed by atoms with Crippen LogP contribution < -0.4 is 10.5 Å². The number of rotatable bonds is 5. The molecule has 1 saturated carbocycles. The van der Waals surface area contributed by atoms with E-state index in [0.29, 0.717) is 6.42 Å². The Morgan fingerprint density at radius 2 is 2.24 bits per heavy atom. The molecule has 4 heteroatoms. The standard InChI is InChI=1S/C13H18FNO2/c1-17-12-5-2-9(6-11(12)14)7-13(16,8-15)10-3-4-10/h2,5-6,10,16H,3-4,7-8,15H2,1H3. The van der Waals surface area contributed by atoms with Gasteiger partial charge in [0.25, 0.3) is 0 Å². The summed E-state index contributed by atoms with van der Waals surface area (Å²) in [7, 11) is 1.43. The molecular weight excluding hydrogens is 221 g/mol. The van der Waals surface area contributed by atoms with Crippen molar-refractivity contribution in [1.29, 1.82) is 0 Å². The lowest BCUT2D eigenvalue weighted by atomic mass is 9.90. The second-order valence-corrected chi connectivity index (χ2v) is 4.73. The minimum Gasteiger partial charge on any atom is -0.494 e. The first-order chi connectivity index (χ1) is 8.09. The molecule has 1 aromatic carbocycles. The van der Waals surface area contributed by atoms with Crippen LogP contribution in [0.25, 0.3) is 0 Å². The maximum Gasteiger partial charge on any atom is 0.165 e. The maximum absolute atomic E-state index is 13.5. The Morgan fingerprint density at radius 3 is 2.71 bits per heavy atom. The second-order valence-electron chi connectivity index (χ2n) is 4.73. The minimum atomic E-state index is -0.888. The van der Waals surface area contributed by atoms with Gasteiger partial charge in [0.15, 0.2) is 11.6 Å². The molecule has 0 amide bonds. The van der Waals surface area contributed by atoms with E-state index in [-0.39, 0.29) is 18.2 Å². The second kappa shape index (κ2) is 4.63. The number of benzene rings is 1. The molecule has 0 saturated heterocycles. The molecule has 2 rings (SSSR count). The molecule has 3 N–H and O–H groups in total. The van der Waals surface area contributed by atoms with Crippen molar-refractivity contribution in [3.63, 3.8) is 0 Å². The third-order valence-corrected chi connectivity index (χ3v) is 3.42. The molecular formula is C13H18FNO2. The Hall–Kier alpha value is -1.13. The molecule has 1 fully saturated rings. The molecule has 94 valence electrons. The summed E-state index contributed by atoms with van der Waals surface area (Å²) in [6.07, 6.45) is 2.41. The lowest BCUT2D eigenvalue weighted by Gasteiger charge is -2.26. The molecule has 1 aromatic rings. The van der Waals surface area contributed by atoms with E-state index in [9.17, 15) is 9.50 Å². The van der Waals surface area contributed by atoms with Gasteiger partial charge >= 0.3 is 0 Å². The third-order valence-electron chi connectivity index (χ3n) is 3.42. The van der Waals surface area contributed by atoms with Crippen molar-refractivity contribution in [2.75, 3.05) is 13.7 Å². The van der Waals surface area contributed by atoms with Crippen molar-refractivity contribution in [3.8, 4) is 5.75 Å². The first-order valence-corrected chi connectivity index (χ1v) is 5.84. The summed E-state index contributed by atoms with van der Waals surface area (Å²) in [4.78, 5) is 0. The zero-order valence-electron chi connectivity index (χ0n) is 9.95. The molecule has 1 unspecified atom stereocenters. The van der Waals surface area contributed by atoms with E-state index in [4.69, 9.17) is 10.5 Å². The Bertz CT molecular complexity index is 406. The molecule has 0 heterocycles. The van der Waals surface area contributed by atoms with Gasteiger partial charge in [0.05, 0.1) is 12.7 Å². The highest BCUT2D eigenvalue weighted by molar-refractivity contribution is 5.30. The monoisotopic (exact) mass is 239 g/mol. The first-order valence-electron chi connectivity index (χ1n) is 5.84. The van der Waals surface area contributed by atoms with Crippen LogP contribution in [0.15, 0.2) is 18.2 Å². The Morgan fingerprint density at radius 1 is 1.53 bits per heavy atom. The zero-order valence-corrected chi connectivity index (χ0v) is 9.95. The van der Waals surface area contributed by atoms with E-state index in [0.717, 1.165) is 18.4 Å². The topological polar surface area (TPSA) is 55.5 Å². The summed E-state index contributed by atoms with van der Waals surface area (Å²) in [5.74, 6) is 0.0780. The molecule has 17 heavy (non-hydrogen) atoms. The molecule has 0 radical (unpaired) electrons. The lowest BCUT2D eigenvalue weighted by molar-refractivity contribution is 0.0266. The van der Waals surface area contributed by atoms with Crippen LogP contribution in [0.5, 0.6) is 5.75 Å². The molecule has 1 aliphatic rings. The average Bonchev–Trinajstić information content (AvgIpc) is 3.13. The highest BCUT2D eigenvalue weighted by atomic mass is 19.1. The smallest absolute Gasteiger partial charge is 0.165 e. The van der Waals surface area contributed by atoms with E-state index < -0.39 is 11.4 Å². The van der Waals surface area contributed by atoms with E-state index in [2.05, 4.69) is 0 Å². The molecule has 1 aliphatic carbocycles. The molecule has 0 aliphatic heterocycles. The Kier molecular flexibility index (Phi) is 3.35. The summed E-state index contributed by atoms with van der Waals surface area (Å²) in [6.45, 7) is 0.214. The largest absolute Gasteiger partial charge is 0.494 e. The molecule has 1 atom stereocenters. The number of aliphatic hydroxyl groups is 1. The van der Waals surface area contributed by atoms with Crippen LogP contribution in [0.1, 0.15) is 18.4 Å². The Balaban J connectivity index is 2.15. The van der Waals surface area contributed by atoms with E-state index in [1.165, 1.54) is 13.2 Å². The van der Waals surface area contributed by atoms with E-state index in [1.54, 1.807) is 12.1 Å². The van der Waals surface area contributed by atoms with Crippen molar-refractivity contribution < 1.29 is 14.2 Å². The van der Waals surface area contributed by atoms with Crippen LogP contribution >= 0.6 is 0 Å². The van der Waals surface area contributed by atoms with Crippen molar-refractivity contribution >= 4 is 0 Å². The van der Waals surface area contributed by atoms with Crippen molar-refractivity contribution in [1.82, 2.24) is 0 Å². The highest BCUT2D eigenvalue weighted by Crippen LogP contribution is 2.41. The van der Waals surface area contributed by atoms with Gasteiger partial charge in [-0.25, -0.2) is 4.39 Å². The number of hydrogen-bond acceptors (Lipinski definition) is 3.